The van der Waals surface area contributed by atoms with Gasteiger partial charge in [0, 0.05) is 12.6 Å². The number of nitrogens with one attached hydrogen (secondary N) is 2. The number of hydrogen-bond acceptors (Lipinski definition) is 6. The predicted molar refractivity (Wildman–Crippen MR) is 106 cm³/mol. The van der Waals surface area contributed by atoms with Crippen molar-refractivity contribution in [2.75, 3.05) is 6.79 Å². The Morgan fingerprint density at radius 2 is 1.45 bits per heavy atom. The number of ether oxygens (including phenoxy) is 2. The van der Waals surface area contributed by atoms with Crippen molar-refractivity contribution >= 4 is 20.0 Å². The minimum atomic E-state index is -3.79. The lowest BCUT2D eigenvalue weighted by Crippen LogP contribution is -2.32. The average Bonchev–Trinajstić information content (AvgIpc) is 3.37. The molecule has 0 aromatic heterocycles. The van der Waals surface area contributed by atoms with Gasteiger partial charge in [-0.1, -0.05) is 18.9 Å². The maximum absolute atomic E-state index is 12.5. The van der Waals surface area contributed by atoms with Gasteiger partial charge >= 0.3 is 0 Å². The molecule has 2 aromatic rings. The second kappa shape index (κ2) is 7.94. The molecule has 4 rings (SSSR count). The maximum Gasteiger partial charge on any atom is 0.240 e. The zero-order valence-electron chi connectivity index (χ0n) is 15.6. The quantitative estimate of drug-likeness (QED) is 0.685. The fourth-order valence-electron chi connectivity index (χ4n) is 3.44. The molecule has 29 heavy (non-hydrogen) atoms. The van der Waals surface area contributed by atoms with Crippen LogP contribution in [0.3, 0.4) is 0 Å². The minimum Gasteiger partial charge on any atom is -0.454 e. The molecule has 0 radical (unpaired) electrons. The molecule has 0 atom stereocenters. The Labute approximate surface area is 170 Å². The van der Waals surface area contributed by atoms with E-state index in [-0.39, 0.29) is 29.2 Å². The summed E-state index contributed by atoms with van der Waals surface area (Å²) in [5.74, 6) is 1.20. The zero-order chi connectivity index (χ0) is 20.5. The molecule has 2 aromatic carbocycles. The number of rotatable bonds is 7. The highest BCUT2D eigenvalue weighted by molar-refractivity contribution is 7.90. The van der Waals surface area contributed by atoms with Crippen LogP contribution in [-0.4, -0.2) is 29.7 Å². The summed E-state index contributed by atoms with van der Waals surface area (Å²) in [6.07, 6.45) is 3.68. The third kappa shape index (κ3) is 4.55. The van der Waals surface area contributed by atoms with Gasteiger partial charge in [0.15, 0.2) is 11.5 Å². The van der Waals surface area contributed by atoms with Gasteiger partial charge in [-0.15, -0.1) is 0 Å². The van der Waals surface area contributed by atoms with Gasteiger partial charge in [0.1, 0.15) is 0 Å². The molecule has 8 nitrogen and oxygen atoms in total. The van der Waals surface area contributed by atoms with Gasteiger partial charge in [-0.3, -0.25) is 0 Å². The lowest BCUT2D eigenvalue weighted by Gasteiger charge is -2.13. The van der Waals surface area contributed by atoms with Crippen LogP contribution in [-0.2, 0) is 26.6 Å². The van der Waals surface area contributed by atoms with Gasteiger partial charge in [0.25, 0.3) is 0 Å². The molecule has 0 spiro atoms. The van der Waals surface area contributed by atoms with Gasteiger partial charge in [-0.25, -0.2) is 26.3 Å². The monoisotopic (exact) mass is 438 g/mol. The van der Waals surface area contributed by atoms with Crippen molar-refractivity contribution in [1.82, 2.24) is 9.44 Å². The molecule has 1 aliphatic carbocycles. The van der Waals surface area contributed by atoms with Crippen LogP contribution in [0.5, 0.6) is 11.5 Å². The Balaban J connectivity index is 1.43. The Morgan fingerprint density at radius 1 is 0.828 bits per heavy atom. The van der Waals surface area contributed by atoms with Gasteiger partial charge in [-0.2, -0.15) is 0 Å². The molecule has 156 valence electrons. The summed E-state index contributed by atoms with van der Waals surface area (Å²) in [6, 6.07) is 10.4. The lowest BCUT2D eigenvalue weighted by molar-refractivity contribution is 0.174. The van der Waals surface area contributed by atoms with Crippen molar-refractivity contribution in [1.29, 1.82) is 0 Å². The van der Waals surface area contributed by atoms with Crippen molar-refractivity contribution in [3.05, 3.63) is 48.0 Å². The summed E-state index contributed by atoms with van der Waals surface area (Å²) in [6.45, 7) is 0.220. The van der Waals surface area contributed by atoms with Gasteiger partial charge in [0.2, 0.25) is 26.8 Å². The molecule has 1 aliphatic heterocycles. The summed E-state index contributed by atoms with van der Waals surface area (Å²) < 4.78 is 65.7. The van der Waals surface area contributed by atoms with Crippen molar-refractivity contribution in [3.63, 3.8) is 0 Å². The fraction of sp³-hybridized carbons (Fsp3) is 0.368. The van der Waals surface area contributed by atoms with Crippen LogP contribution >= 0.6 is 0 Å². The van der Waals surface area contributed by atoms with Gasteiger partial charge < -0.3 is 9.47 Å². The van der Waals surface area contributed by atoms with Gasteiger partial charge in [-0.05, 0) is 54.8 Å². The smallest absolute Gasteiger partial charge is 0.240 e. The van der Waals surface area contributed by atoms with E-state index in [1.165, 1.54) is 24.3 Å². The number of fused-ring (bicyclic) bond motifs is 1. The SMILES string of the molecule is O=S(=O)(NCc1ccc2c(c1)OCO2)c1ccc(S(=O)(=O)NC2CCCC2)cc1. The minimum absolute atomic E-state index is 0.00180. The molecule has 2 aliphatic rings. The fourth-order valence-corrected chi connectivity index (χ4v) is 5.76. The third-order valence-electron chi connectivity index (χ3n) is 5.02. The van der Waals surface area contributed by atoms with Crippen molar-refractivity contribution in [2.24, 2.45) is 0 Å². The van der Waals surface area contributed by atoms with Crippen LogP contribution in [0.25, 0.3) is 0 Å². The van der Waals surface area contributed by atoms with E-state index in [1.807, 2.05) is 0 Å². The van der Waals surface area contributed by atoms with Crippen molar-refractivity contribution in [3.8, 4) is 11.5 Å². The molecular formula is C19H22N2O6S2. The predicted octanol–water partition coefficient (Wildman–Crippen LogP) is 2.11. The normalized spacial score (nSPS) is 17.0. The summed E-state index contributed by atoms with van der Waals surface area (Å²) in [4.78, 5) is 0.0529. The first-order valence-electron chi connectivity index (χ1n) is 9.34. The first-order valence-corrected chi connectivity index (χ1v) is 12.3. The molecule has 1 saturated carbocycles. The van der Waals surface area contributed by atoms with Crippen LogP contribution in [0.1, 0.15) is 31.2 Å². The summed E-state index contributed by atoms with van der Waals surface area (Å²) >= 11 is 0. The topological polar surface area (TPSA) is 111 Å². The van der Waals surface area contributed by atoms with E-state index in [1.54, 1.807) is 18.2 Å². The Kier molecular flexibility index (Phi) is 5.52. The molecule has 1 heterocycles. The Bertz CT molecular complexity index is 1090. The summed E-state index contributed by atoms with van der Waals surface area (Å²) in [5, 5.41) is 0. The second-order valence-corrected chi connectivity index (χ2v) is 10.6. The Hall–Kier alpha value is -2.14. The zero-order valence-corrected chi connectivity index (χ0v) is 17.3. The maximum atomic E-state index is 12.5. The molecule has 10 heteroatoms. The van der Waals surface area contributed by atoms with E-state index < -0.39 is 20.0 Å². The van der Waals surface area contributed by atoms with Gasteiger partial charge in [0.05, 0.1) is 9.79 Å². The van der Waals surface area contributed by atoms with E-state index >= 15 is 0 Å². The van der Waals surface area contributed by atoms with Crippen molar-refractivity contribution in [2.45, 2.75) is 48.1 Å². The van der Waals surface area contributed by atoms with Crippen LogP contribution in [0.15, 0.2) is 52.3 Å². The molecule has 0 saturated heterocycles. The first-order chi connectivity index (χ1) is 13.8. The first kappa shape index (κ1) is 20.1. The number of benzene rings is 2. The standard InChI is InChI=1S/C19H22N2O6S2/c22-28(23,20-12-14-5-10-18-19(11-14)27-13-26-18)16-6-8-17(9-7-16)29(24,25)21-15-3-1-2-4-15/h5-11,15,20-21H,1-4,12-13H2. The highest BCUT2D eigenvalue weighted by Gasteiger charge is 2.23. The van der Waals surface area contributed by atoms with E-state index in [0.717, 1.165) is 31.2 Å². The van der Waals surface area contributed by atoms with E-state index in [2.05, 4.69) is 9.44 Å². The Morgan fingerprint density at radius 3 is 2.14 bits per heavy atom. The van der Waals surface area contributed by atoms with Crippen molar-refractivity contribution < 1.29 is 26.3 Å². The molecular weight excluding hydrogens is 416 g/mol. The van der Waals surface area contributed by atoms with Crippen LogP contribution < -0.4 is 18.9 Å². The summed E-state index contributed by atoms with van der Waals surface area (Å²) in [5.41, 5.74) is 0.720. The third-order valence-corrected chi connectivity index (χ3v) is 7.98. The molecule has 0 unspecified atom stereocenters. The van der Waals surface area contributed by atoms with Crippen LogP contribution in [0.4, 0.5) is 0 Å². The number of sulfonamides is 2. The van der Waals surface area contributed by atoms with Crippen LogP contribution in [0, 0.1) is 0 Å². The highest BCUT2D eigenvalue weighted by Crippen LogP contribution is 2.32. The molecule has 2 N–H and O–H groups in total. The molecule has 1 fully saturated rings. The van der Waals surface area contributed by atoms with E-state index in [4.69, 9.17) is 9.47 Å². The lowest BCUT2D eigenvalue weighted by atomic mass is 10.2. The molecule has 0 bridgehead atoms. The number of hydrogen-bond donors (Lipinski definition) is 2. The summed E-state index contributed by atoms with van der Waals surface area (Å²) in [7, 11) is -7.45. The van der Waals surface area contributed by atoms with Crippen LogP contribution in [0.2, 0.25) is 0 Å². The highest BCUT2D eigenvalue weighted by atomic mass is 32.2. The van der Waals surface area contributed by atoms with E-state index in [9.17, 15) is 16.8 Å². The molecule has 0 amide bonds. The average molecular weight is 439 g/mol. The largest absolute Gasteiger partial charge is 0.454 e. The van der Waals surface area contributed by atoms with E-state index in [0.29, 0.717) is 11.5 Å². The second-order valence-electron chi connectivity index (χ2n) is 7.09.